The maximum absolute atomic E-state index is 5.53. The predicted molar refractivity (Wildman–Crippen MR) is 52.5 cm³/mol. The summed E-state index contributed by atoms with van der Waals surface area (Å²) in [5.74, 6) is 7.07. The zero-order valence-corrected chi connectivity index (χ0v) is 8.72. The van der Waals surface area contributed by atoms with Crippen molar-refractivity contribution in [1.29, 1.82) is 0 Å². The van der Waals surface area contributed by atoms with Crippen LogP contribution in [0.5, 0.6) is 0 Å². The van der Waals surface area contributed by atoms with Crippen molar-refractivity contribution >= 4 is 0 Å². The highest BCUT2D eigenvalue weighted by atomic mass is 15.2. The van der Waals surface area contributed by atoms with E-state index in [0.29, 0.717) is 11.5 Å². The molecule has 3 N–H and O–H groups in total. The van der Waals surface area contributed by atoms with E-state index in [9.17, 15) is 0 Å². The van der Waals surface area contributed by atoms with Gasteiger partial charge < -0.3 is 0 Å². The Morgan fingerprint density at radius 3 is 2.25 bits per heavy atom. The smallest absolute Gasteiger partial charge is 0.0246 e. The van der Waals surface area contributed by atoms with Crippen LogP contribution in [0.1, 0.15) is 40.5 Å². The summed E-state index contributed by atoms with van der Waals surface area (Å²) in [7, 11) is 0. The van der Waals surface area contributed by atoms with Crippen LogP contribution in [0.4, 0.5) is 0 Å². The molecule has 0 radical (unpaired) electrons. The predicted octanol–water partition coefficient (Wildman–Crippen LogP) is 1.91. The lowest BCUT2D eigenvalue weighted by atomic mass is 9.96. The second kappa shape index (κ2) is 3.35. The first-order chi connectivity index (χ1) is 5.47. The van der Waals surface area contributed by atoms with Crippen molar-refractivity contribution in [3.63, 3.8) is 0 Å². The summed E-state index contributed by atoms with van der Waals surface area (Å²) in [6, 6.07) is 0.528. The molecule has 1 fully saturated rings. The Kier molecular flexibility index (Phi) is 2.79. The van der Waals surface area contributed by atoms with Crippen LogP contribution in [0.25, 0.3) is 0 Å². The first-order valence-electron chi connectivity index (χ1n) is 4.93. The third-order valence-electron chi connectivity index (χ3n) is 3.01. The van der Waals surface area contributed by atoms with Crippen LogP contribution in [0.2, 0.25) is 0 Å². The van der Waals surface area contributed by atoms with Gasteiger partial charge in [0.2, 0.25) is 0 Å². The Morgan fingerprint density at radius 2 is 2.00 bits per heavy atom. The van der Waals surface area contributed by atoms with Crippen LogP contribution in [-0.4, -0.2) is 6.04 Å². The average molecular weight is 170 g/mol. The van der Waals surface area contributed by atoms with E-state index >= 15 is 0 Å². The van der Waals surface area contributed by atoms with Crippen LogP contribution in [0.15, 0.2) is 0 Å². The van der Waals surface area contributed by atoms with Gasteiger partial charge in [-0.25, -0.2) is 0 Å². The topological polar surface area (TPSA) is 38.0 Å². The van der Waals surface area contributed by atoms with E-state index in [0.717, 1.165) is 11.8 Å². The first-order valence-corrected chi connectivity index (χ1v) is 4.93. The molecule has 72 valence electrons. The zero-order valence-electron chi connectivity index (χ0n) is 8.72. The van der Waals surface area contributed by atoms with E-state index in [1.54, 1.807) is 0 Å². The molecule has 2 nitrogen and oxygen atoms in total. The maximum Gasteiger partial charge on any atom is 0.0246 e. The van der Waals surface area contributed by atoms with Crippen LogP contribution in [0.3, 0.4) is 0 Å². The molecule has 0 amide bonds. The van der Waals surface area contributed by atoms with Crippen molar-refractivity contribution in [3.05, 3.63) is 0 Å². The molecule has 2 atom stereocenters. The van der Waals surface area contributed by atoms with E-state index in [1.165, 1.54) is 12.8 Å². The van der Waals surface area contributed by atoms with Crippen LogP contribution >= 0.6 is 0 Å². The quantitative estimate of drug-likeness (QED) is 0.499. The Balaban J connectivity index is 2.37. The number of hydrogen-bond donors (Lipinski definition) is 2. The summed E-state index contributed by atoms with van der Waals surface area (Å²) in [4.78, 5) is 0. The molecule has 2 unspecified atom stereocenters. The van der Waals surface area contributed by atoms with Gasteiger partial charge in [-0.1, -0.05) is 27.7 Å². The molecule has 0 aliphatic heterocycles. The molecule has 0 aromatic rings. The van der Waals surface area contributed by atoms with Crippen LogP contribution in [0, 0.1) is 17.3 Å². The fourth-order valence-corrected chi connectivity index (χ4v) is 2.05. The lowest BCUT2D eigenvalue weighted by Gasteiger charge is -2.19. The van der Waals surface area contributed by atoms with E-state index in [2.05, 4.69) is 33.1 Å². The summed E-state index contributed by atoms with van der Waals surface area (Å²) >= 11 is 0. The highest BCUT2D eigenvalue weighted by Gasteiger charge is 2.49. The molecular formula is C10H22N2. The summed E-state index contributed by atoms with van der Waals surface area (Å²) in [5, 5.41) is 0. The highest BCUT2D eigenvalue weighted by molar-refractivity contribution is 5.01. The molecular weight excluding hydrogens is 148 g/mol. The molecule has 1 aliphatic carbocycles. The lowest BCUT2D eigenvalue weighted by Crippen LogP contribution is -2.38. The van der Waals surface area contributed by atoms with E-state index in [4.69, 9.17) is 5.84 Å². The molecule has 12 heavy (non-hydrogen) atoms. The lowest BCUT2D eigenvalue weighted by molar-refractivity contribution is 0.352. The van der Waals surface area contributed by atoms with Gasteiger partial charge >= 0.3 is 0 Å². The number of hydrazine groups is 1. The summed E-state index contributed by atoms with van der Waals surface area (Å²) < 4.78 is 0. The second-order valence-corrected chi connectivity index (χ2v) is 5.20. The molecule has 0 aromatic heterocycles. The summed E-state index contributed by atoms with van der Waals surface area (Å²) in [6.07, 6.45) is 2.53. The largest absolute Gasteiger partial charge is 0.271 e. The first kappa shape index (κ1) is 10.0. The molecule has 1 saturated carbocycles. The SMILES string of the molecule is CC(C)CC(NN)C1CC1(C)C. The van der Waals surface area contributed by atoms with Crippen molar-refractivity contribution in [1.82, 2.24) is 5.43 Å². The number of nitrogens with two attached hydrogens (primary N) is 1. The van der Waals surface area contributed by atoms with E-state index in [-0.39, 0.29) is 0 Å². The number of nitrogens with one attached hydrogen (secondary N) is 1. The van der Waals surface area contributed by atoms with Gasteiger partial charge in [-0.3, -0.25) is 11.3 Å². The average Bonchev–Trinajstić information content (AvgIpc) is 2.54. The molecule has 1 aliphatic rings. The molecule has 0 aromatic carbocycles. The van der Waals surface area contributed by atoms with Gasteiger partial charge in [0.1, 0.15) is 0 Å². The Bertz CT molecular complexity index is 152. The molecule has 0 heterocycles. The summed E-state index contributed by atoms with van der Waals surface area (Å²) in [5.41, 5.74) is 3.48. The fraction of sp³-hybridized carbons (Fsp3) is 1.00. The number of hydrogen-bond acceptors (Lipinski definition) is 2. The Hall–Kier alpha value is -0.0800. The molecule has 1 rings (SSSR count). The van der Waals surface area contributed by atoms with Crippen LogP contribution in [-0.2, 0) is 0 Å². The highest BCUT2D eigenvalue weighted by Crippen LogP contribution is 2.54. The van der Waals surface area contributed by atoms with Crippen molar-refractivity contribution in [2.24, 2.45) is 23.1 Å². The van der Waals surface area contributed by atoms with Gasteiger partial charge in [-0.15, -0.1) is 0 Å². The van der Waals surface area contributed by atoms with Crippen molar-refractivity contribution in [2.45, 2.75) is 46.6 Å². The van der Waals surface area contributed by atoms with Crippen molar-refractivity contribution in [2.75, 3.05) is 0 Å². The monoisotopic (exact) mass is 170 g/mol. The summed E-state index contributed by atoms with van der Waals surface area (Å²) in [6.45, 7) is 9.14. The fourth-order valence-electron chi connectivity index (χ4n) is 2.05. The van der Waals surface area contributed by atoms with Crippen molar-refractivity contribution in [3.8, 4) is 0 Å². The molecule has 0 spiro atoms. The van der Waals surface area contributed by atoms with Gasteiger partial charge in [0.25, 0.3) is 0 Å². The van der Waals surface area contributed by atoms with E-state index < -0.39 is 0 Å². The normalized spacial score (nSPS) is 29.0. The number of rotatable bonds is 4. The van der Waals surface area contributed by atoms with Gasteiger partial charge in [0, 0.05) is 6.04 Å². The third kappa shape index (κ3) is 2.20. The van der Waals surface area contributed by atoms with Gasteiger partial charge in [0.15, 0.2) is 0 Å². The maximum atomic E-state index is 5.53. The van der Waals surface area contributed by atoms with Gasteiger partial charge in [0.05, 0.1) is 0 Å². The Labute approximate surface area is 75.9 Å². The third-order valence-corrected chi connectivity index (χ3v) is 3.01. The molecule has 0 bridgehead atoms. The van der Waals surface area contributed by atoms with Gasteiger partial charge in [-0.05, 0) is 30.1 Å². The minimum absolute atomic E-state index is 0.528. The minimum atomic E-state index is 0.528. The Morgan fingerprint density at radius 1 is 1.50 bits per heavy atom. The molecule has 0 saturated heterocycles. The van der Waals surface area contributed by atoms with Gasteiger partial charge in [-0.2, -0.15) is 0 Å². The zero-order chi connectivity index (χ0) is 9.35. The van der Waals surface area contributed by atoms with E-state index in [1.807, 2.05) is 0 Å². The van der Waals surface area contributed by atoms with Crippen LogP contribution < -0.4 is 11.3 Å². The standard InChI is InChI=1S/C10H22N2/c1-7(2)5-9(12-11)8-6-10(8,3)4/h7-9,12H,5-6,11H2,1-4H3. The van der Waals surface area contributed by atoms with Crippen molar-refractivity contribution < 1.29 is 0 Å². The molecule has 2 heteroatoms. The second-order valence-electron chi connectivity index (χ2n) is 5.20. The minimum Gasteiger partial charge on any atom is -0.271 e.